The first-order valence-corrected chi connectivity index (χ1v) is 6.17. The highest BCUT2D eigenvalue weighted by atomic mass is 16.5. The summed E-state index contributed by atoms with van der Waals surface area (Å²) in [7, 11) is 1.74. The molecule has 0 amide bonds. The van der Waals surface area contributed by atoms with Gasteiger partial charge in [0.05, 0.1) is 0 Å². The van der Waals surface area contributed by atoms with Gasteiger partial charge in [0.15, 0.2) is 0 Å². The Kier molecular flexibility index (Phi) is 4.22. The highest BCUT2D eigenvalue weighted by Crippen LogP contribution is 2.21. The van der Waals surface area contributed by atoms with Crippen LogP contribution in [0, 0.1) is 0 Å². The number of ether oxygens (including phenoxy) is 1. The van der Waals surface area contributed by atoms with Gasteiger partial charge in [-0.3, -0.25) is 0 Å². The first kappa shape index (κ1) is 11.5. The zero-order chi connectivity index (χ0) is 11.2. The van der Waals surface area contributed by atoms with Crippen molar-refractivity contribution in [2.45, 2.75) is 44.7 Å². The predicted octanol–water partition coefficient (Wildman–Crippen LogP) is 2.27. The van der Waals surface area contributed by atoms with Crippen molar-refractivity contribution in [3.63, 3.8) is 0 Å². The Morgan fingerprint density at radius 3 is 3.06 bits per heavy atom. The van der Waals surface area contributed by atoms with Crippen molar-refractivity contribution in [2.24, 2.45) is 0 Å². The average molecular weight is 223 g/mol. The summed E-state index contributed by atoms with van der Waals surface area (Å²) in [4.78, 5) is 4.37. The van der Waals surface area contributed by atoms with E-state index in [9.17, 15) is 0 Å². The van der Waals surface area contributed by atoms with E-state index in [4.69, 9.17) is 4.74 Å². The molecule has 4 nitrogen and oxygen atoms in total. The predicted molar refractivity (Wildman–Crippen MR) is 64.6 cm³/mol. The second kappa shape index (κ2) is 5.89. The molecule has 0 aromatic carbocycles. The van der Waals surface area contributed by atoms with Gasteiger partial charge in [-0.2, -0.15) is 0 Å². The minimum Gasteiger partial charge on any atom is -0.385 e. The van der Waals surface area contributed by atoms with Crippen LogP contribution in [0.15, 0.2) is 12.4 Å². The number of rotatable bonds is 6. The van der Waals surface area contributed by atoms with Crippen molar-refractivity contribution in [3.8, 4) is 0 Å². The molecule has 0 atom stereocenters. The molecule has 1 heterocycles. The van der Waals surface area contributed by atoms with Gasteiger partial charge < -0.3 is 14.6 Å². The Balaban J connectivity index is 1.85. The molecule has 2 rings (SSSR count). The summed E-state index contributed by atoms with van der Waals surface area (Å²) in [6.45, 7) is 1.78. The lowest BCUT2D eigenvalue weighted by Crippen LogP contribution is -2.18. The fourth-order valence-corrected chi connectivity index (χ4v) is 2.26. The molecule has 1 aliphatic rings. The maximum absolute atomic E-state index is 5.06. The van der Waals surface area contributed by atoms with E-state index in [0.29, 0.717) is 6.04 Å². The van der Waals surface area contributed by atoms with Crippen LogP contribution in [0.4, 0.5) is 5.95 Å². The van der Waals surface area contributed by atoms with E-state index in [1.54, 1.807) is 7.11 Å². The van der Waals surface area contributed by atoms with Crippen molar-refractivity contribution >= 4 is 5.95 Å². The highest BCUT2D eigenvalue weighted by molar-refractivity contribution is 5.27. The third kappa shape index (κ3) is 2.98. The molecule has 0 spiro atoms. The van der Waals surface area contributed by atoms with E-state index >= 15 is 0 Å². The molecule has 0 unspecified atom stereocenters. The first-order valence-electron chi connectivity index (χ1n) is 6.17. The maximum atomic E-state index is 5.06. The summed E-state index contributed by atoms with van der Waals surface area (Å²) in [5.41, 5.74) is 0. The van der Waals surface area contributed by atoms with Crippen molar-refractivity contribution in [1.82, 2.24) is 9.55 Å². The van der Waals surface area contributed by atoms with Crippen LogP contribution in [0.2, 0.25) is 0 Å². The molecule has 1 aromatic rings. The molecular weight excluding hydrogens is 202 g/mol. The first-order chi connectivity index (χ1) is 7.90. The highest BCUT2D eigenvalue weighted by Gasteiger charge is 2.16. The number of aryl methyl sites for hydroxylation is 1. The quantitative estimate of drug-likeness (QED) is 0.752. The Bertz CT molecular complexity index is 305. The van der Waals surface area contributed by atoms with Crippen molar-refractivity contribution in [3.05, 3.63) is 12.4 Å². The van der Waals surface area contributed by atoms with E-state index in [-0.39, 0.29) is 0 Å². The van der Waals surface area contributed by atoms with Crippen LogP contribution in [0.25, 0.3) is 0 Å². The van der Waals surface area contributed by atoms with E-state index in [1.165, 1.54) is 25.7 Å². The van der Waals surface area contributed by atoms with Crippen LogP contribution < -0.4 is 5.32 Å². The van der Waals surface area contributed by atoms with Crippen LogP contribution in [-0.4, -0.2) is 29.3 Å². The third-order valence-corrected chi connectivity index (χ3v) is 3.15. The number of nitrogens with zero attached hydrogens (tertiary/aromatic N) is 2. The van der Waals surface area contributed by atoms with Gasteiger partial charge in [0.1, 0.15) is 0 Å². The van der Waals surface area contributed by atoms with Crippen LogP contribution >= 0.6 is 0 Å². The fourth-order valence-electron chi connectivity index (χ4n) is 2.26. The number of aromatic nitrogens is 2. The molecule has 0 saturated heterocycles. The molecule has 1 fully saturated rings. The minimum atomic E-state index is 0.628. The van der Waals surface area contributed by atoms with Gasteiger partial charge in [-0.05, 0) is 19.3 Å². The summed E-state index contributed by atoms with van der Waals surface area (Å²) in [5, 5.41) is 3.53. The largest absolute Gasteiger partial charge is 0.385 e. The van der Waals surface area contributed by atoms with Gasteiger partial charge in [0.25, 0.3) is 0 Å². The fraction of sp³-hybridized carbons (Fsp3) is 0.750. The SMILES string of the molecule is COCCCn1ccnc1NC1CCCC1. The van der Waals surface area contributed by atoms with E-state index in [2.05, 4.69) is 14.9 Å². The van der Waals surface area contributed by atoms with E-state index in [0.717, 1.165) is 25.5 Å². The monoisotopic (exact) mass is 223 g/mol. The number of imidazole rings is 1. The smallest absolute Gasteiger partial charge is 0.202 e. The van der Waals surface area contributed by atoms with Gasteiger partial charge in [-0.1, -0.05) is 12.8 Å². The van der Waals surface area contributed by atoms with Crippen molar-refractivity contribution in [1.29, 1.82) is 0 Å². The zero-order valence-corrected chi connectivity index (χ0v) is 9.98. The molecule has 0 bridgehead atoms. The molecule has 4 heteroatoms. The summed E-state index contributed by atoms with van der Waals surface area (Å²) in [5.74, 6) is 1.02. The van der Waals surface area contributed by atoms with E-state index < -0.39 is 0 Å². The second-order valence-corrected chi connectivity index (χ2v) is 4.42. The summed E-state index contributed by atoms with van der Waals surface area (Å²) in [6, 6.07) is 0.628. The molecule has 16 heavy (non-hydrogen) atoms. The Morgan fingerprint density at radius 2 is 2.31 bits per heavy atom. The molecule has 1 N–H and O–H groups in total. The second-order valence-electron chi connectivity index (χ2n) is 4.42. The van der Waals surface area contributed by atoms with Gasteiger partial charge in [0, 0.05) is 38.7 Å². The minimum absolute atomic E-state index is 0.628. The van der Waals surface area contributed by atoms with E-state index in [1.807, 2.05) is 12.4 Å². The summed E-state index contributed by atoms with van der Waals surface area (Å²) < 4.78 is 7.24. The van der Waals surface area contributed by atoms with Gasteiger partial charge in [-0.25, -0.2) is 4.98 Å². The standard InChI is InChI=1S/C12H21N3O/c1-16-10-4-8-15-9-7-13-12(15)14-11-5-2-3-6-11/h7,9,11H,2-6,8,10H2,1H3,(H,13,14). The van der Waals surface area contributed by atoms with Gasteiger partial charge >= 0.3 is 0 Å². The Morgan fingerprint density at radius 1 is 1.50 bits per heavy atom. The average Bonchev–Trinajstić information content (AvgIpc) is 2.92. The summed E-state index contributed by atoms with van der Waals surface area (Å²) >= 11 is 0. The number of hydrogen-bond acceptors (Lipinski definition) is 3. The number of methoxy groups -OCH3 is 1. The molecule has 1 aliphatic carbocycles. The van der Waals surface area contributed by atoms with Crippen LogP contribution in [0.1, 0.15) is 32.1 Å². The number of anilines is 1. The summed E-state index contributed by atoms with van der Waals surface area (Å²) in [6.07, 6.45) is 10.2. The van der Waals surface area contributed by atoms with Gasteiger partial charge in [-0.15, -0.1) is 0 Å². The van der Waals surface area contributed by atoms with Crippen molar-refractivity contribution < 1.29 is 4.74 Å². The zero-order valence-electron chi connectivity index (χ0n) is 9.98. The molecule has 0 radical (unpaired) electrons. The van der Waals surface area contributed by atoms with Gasteiger partial charge in [0.2, 0.25) is 5.95 Å². The Labute approximate surface area is 97.0 Å². The maximum Gasteiger partial charge on any atom is 0.202 e. The topological polar surface area (TPSA) is 39.1 Å². The molecule has 1 aromatic heterocycles. The number of hydrogen-bond donors (Lipinski definition) is 1. The lowest BCUT2D eigenvalue weighted by molar-refractivity contribution is 0.190. The third-order valence-electron chi connectivity index (χ3n) is 3.15. The molecule has 1 saturated carbocycles. The molecular formula is C12H21N3O. The Hall–Kier alpha value is -1.03. The lowest BCUT2D eigenvalue weighted by atomic mass is 10.2. The normalized spacial score (nSPS) is 16.8. The number of nitrogens with one attached hydrogen (secondary N) is 1. The van der Waals surface area contributed by atoms with Crippen LogP contribution in [0.5, 0.6) is 0 Å². The van der Waals surface area contributed by atoms with Crippen molar-refractivity contribution in [2.75, 3.05) is 19.0 Å². The van der Waals surface area contributed by atoms with Crippen LogP contribution in [-0.2, 0) is 11.3 Å². The lowest BCUT2D eigenvalue weighted by Gasteiger charge is -2.14. The van der Waals surface area contributed by atoms with Crippen LogP contribution in [0.3, 0.4) is 0 Å². The molecule has 0 aliphatic heterocycles. The molecule has 90 valence electrons.